The minimum Gasteiger partial charge on any atom is -0.481 e. The van der Waals surface area contributed by atoms with Crippen LogP contribution < -0.4 is 4.72 Å². The Morgan fingerprint density at radius 2 is 1.89 bits per heavy atom. The number of carboxylic acids is 1. The van der Waals surface area contributed by atoms with Gasteiger partial charge in [-0.25, -0.2) is 21.9 Å². The molecule has 0 aliphatic rings. The van der Waals surface area contributed by atoms with Crippen molar-refractivity contribution < 1.29 is 27.1 Å². The molecule has 1 aromatic rings. The number of carboxylic acid groups (broad SMARTS) is 1. The van der Waals surface area contributed by atoms with E-state index in [9.17, 15) is 22.0 Å². The highest BCUT2D eigenvalue weighted by atomic mass is 32.2. The Morgan fingerprint density at radius 1 is 1.37 bits per heavy atom. The minimum atomic E-state index is -4.34. The Kier molecular flexibility index (Phi) is 4.96. The summed E-state index contributed by atoms with van der Waals surface area (Å²) in [6.45, 7) is 1.18. The summed E-state index contributed by atoms with van der Waals surface area (Å²) in [7, 11) is -4.34. The van der Waals surface area contributed by atoms with Gasteiger partial charge < -0.3 is 5.11 Å². The van der Waals surface area contributed by atoms with E-state index in [0.29, 0.717) is 0 Å². The lowest BCUT2D eigenvalue weighted by Crippen LogP contribution is -2.28. The number of halogens is 2. The summed E-state index contributed by atoms with van der Waals surface area (Å²) >= 11 is 0. The molecular weight excluding hydrogens is 280 g/mol. The second-order valence-corrected chi connectivity index (χ2v) is 5.68. The number of rotatable bonds is 6. The zero-order valence-electron chi connectivity index (χ0n) is 10.1. The van der Waals surface area contributed by atoms with Crippen molar-refractivity contribution in [2.45, 2.75) is 18.2 Å². The van der Waals surface area contributed by atoms with E-state index >= 15 is 0 Å². The summed E-state index contributed by atoms with van der Waals surface area (Å²) in [4.78, 5) is 9.48. The number of aliphatic carboxylic acids is 1. The molecule has 5 nitrogen and oxygen atoms in total. The zero-order chi connectivity index (χ0) is 14.6. The fourth-order valence-electron chi connectivity index (χ4n) is 1.34. The molecule has 0 saturated heterocycles. The van der Waals surface area contributed by atoms with Crippen molar-refractivity contribution in [1.82, 2.24) is 4.72 Å². The van der Waals surface area contributed by atoms with Crippen molar-refractivity contribution in [1.29, 1.82) is 0 Å². The van der Waals surface area contributed by atoms with Gasteiger partial charge in [0.15, 0.2) is 4.90 Å². The second-order valence-electron chi connectivity index (χ2n) is 3.98. The predicted octanol–water partition coefficient (Wildman–Crippen LogP) is 1.35. The summed E-state index contributed by atoms with van der Waals surface area (Å²) in [5.41, 5.74) is 0. The number of benzene rings is 1. The molecule has 1 unspecified atom stereocenters. The highest BCUT2D eigenvalue weighted by Crippen LogP contribution is 2.18. The van der Waals surface area contributed by atoms with Gasteiger partial charge in [0.05, 0.1) is 5.92 Å². The van der Waals surface area contributed by atoms with Gasteiger partial charge in [-0.15, -0.1) is 0 Å². The Hall–Kier alpha value is -1.54. The largest absolute Gasteiger partial charge is 0.481 e. The molecule has 8 heteroatoms. The van der Waals surface area contributed by atoms with Crippen molar-refractivity contribution in [3.63, 3.8) is 0 Å². The molecule has 0 bridgehead atoms. The minimum absolute atomic E-state index is 0.0185. The topological polar surface area (TPSA) is 83.5 Å². The second kappa shape index (κ2) is 6.07. The highest BCUT2D eigenvalue weighted by Gasteiger charge is 2.23. The molecule has 0 fully saturated rings. The summed E-state index contributed by atoms with van der Waals surface area (Å²) in [5, 5.41) is 8.62. The first kappa shape index (κ1) is 15.5. The Bertz CT molecular complexity index is 554. The molecule has 0 aliphatic carbocycles. The van der Waals surface area contributed by atoms with E-state index in [-0.39, 0.29) is 13.0 Å². The lowest BCUT2D eigenvalue weighted by Gasteiger charge is -2.10. The van der Waals surface area contributed by atoms with Gasteiger partial charge in [0.25, 0.3) is 0 Å². The van der Waals surface area contributed by atoms with Crippen LogP contribution in [0.3, 0.4) is 0 Å². The SMILES string of the molecule is CC(CCNS(=O)(=O)c1c(F)cccc1F)C(=O)O. The van der Waals surface area contributed by atoms with E-state index in [1.165, 1.54) is 6.92 Å². The highest BCUT2D eigenvalue weighted by molar-refractivity contribution is 7.89. The molecule has 0 saturated carbocycles. The first-order valence-corrected chi connectivity index (χ1v) is 6.90. The van der Waals surface area contributed by atoms with Crippen LogP contribution >= 0.6 is 0 Å². The van der Waals surface area contributed by atoms with E-state index in [2.05, 4.69) is 0 Å². The average molecular weight is 293 g/mol. The summed E-state index contributed by atoms with van der Waals surface area (Å²) in [6, 6.07) is 2.71. The maximum absolute atomic E-state index is 13.3. The molecule has 1 aromatic carbocycles. The van der Waals surface area contributed by atoms with E-state index in [4.69, 9.17) is 5.11 Å². The molecule has 0 spiro atoms. The van der Waals surface area contributed by atoms with Crippen molar-refractivity contribution in [2.24, 2.45) is 5.92 Å². The van der Waals surface area contributed by atoms with Crippen molar-refractivity contribution in [3.8, 4) is 0 Å². The lowest BCUT2D eigenvalue weighted by molar-refractivity contribution is -0.141. The van der Waals surface area contributed by atoms with Crippen molar-refractivity contribution >= 4 is 16.0 Å². The Morgan fingerprint density at radius 3 is 2.37 bits per heavy atom. The molecule has 2 N–H and O–H groups in total. The van der Waals surface area contributed by atoms with Crippen LogP contribution in [0.25, 0.3) is 0 Å². The zero-order valence-corrected chi connectivity index (χ0v) is 10.9. The number of hydrogen-bond donors (Lipinski definition) is 2. The average Bonchev–Trinajstić information content (AvgIpc) is 2.27. The number of hydrogen-bond acceptors (Lipinski definition) is 3. The predicted molar refractivity (Wildman–Crippen MR) is 63.0 cm³/mol. The molecule has 0 amide bonds. The fraction of sp³-hybridized carbons (Fsp3) is 0.364. The monoisotopic (exact) mass is 293 g/mol. The molecule has 106 valence electrons. The quantitative estimate of drug-likeness (QED) is 0.829. The molecule has 0 aromatic heterocycles. The van der Waals surface area contributed by atoms with E-state index in [0.717, 1.165) is 18.2 Å². The van der Waals surface area contributed by atoms with Gasteiger partial charge in [0.1, 0.15) is 11.6 Å². The third kappa shape index (κ3) is 3.97. The van der Waals surface area contributed by atoms with Gasteiger partial charge >= 0.3 is 5.97 Å². The maximum Gasteiger partial charge on any atom is 0.306 e. The molecule has 19 heavy (non-hydrogen) atoms. The van der Waals surface area contributed by atoms with Crippen LogP contribution in [0.15, 0.2) is 23.1 Å². The summed E-state index contributed by atoms with van der Waals surface area (Å²) in [6.07, 6.45) is 0.0185. The van der Waals surface area contributed by atoms with Crippen LogP contribution in [0.5, 0.6) is 0 Å². The van der Waals surface area contributed by atoms with Gasteiger partial charge in [0.2, 0.25) is 10.0 Å². The van der Waals surface area contributed by atoms with Gasteiger partial charge in [-0.05, 0) is 18.6 Å². The number of nitrogens with one attached hydrogen (secondary N) is 1. The third-order valence-corrected chi connectivity index (χ3v) is 3.99. The van der Waals surface area contributed by atoms with Crippen LogP contribution in [-0.4, -0.2) is 26.0 Å². The molecule has 0 radical (unpaired) electrons. The molecule has 0 aliphatic heterocycles. The van der Waals surface area contributed by atoms with Crippen LogP contribution in [0.1, 0.15) is 13.3 Å². The maximum atomic E-state index is 13.3. The number of sulfonamides is 1. The third-order valence-electron chi connectivity index (χ3n) is 2.48. The van der Waals surface area contributed by atoms with Crippen LogP contribution in [0.2, 0.25) is 0 Å². The molecule has 0 heterocycles. The summed E-state index contributed by atoms with van der Waals surface area (Å²) in [5.74, 6) is -4.22. The molecular formula is C11H13F2NO4S. The van der Waals surface area contributed by atoms with Gasteiger partial charge in [-0.1, -0.05) is 13.0 Å². The Balaban J connectivity index is 2.80. The molecule has 1 rings (SSSR count). The summed E-state index contributed by atoms with van der Waals surface area (Å²) < 4.78 is 52.0. The Labute approximate surface area is 109 Å². The van der Waals surface area contributed by atoms with Crippen LogP contribution in [0.4, 0.5) is 8.78 Å². The van der Waals surface area contributed by atoms with Gasteiger partial charge in [-0.3, -0.25) is 4.79 Å². The van der Waals surface area contributed by atoms with Crippen LogP contribution in [-0.2, 0) is 14.8 Å². The fourth-order valence-corrected chi connectivity index (χ4v) is 2.53. The first-order valence-electron chi connectivity index (χ1n) is 5.42. The van der Waals surface area contributed by atoms with E-state index in [1.54, 1.807) is 0 Å². The normalized spacial score (nSPS) is 13.2. The lowest BCUT2D eigenvalue weighted by atomic mass is 10.1. The van der Waals surface area contributed by atoms with E-state index in [1.807, 2.05) is 4.72 Å². The van der Waals surface area contributed by atoms with Crippen molar-refractivity contribution in [2.75, 3.05) is 6.54 Å². The van der Waals surface area contributed by atoms with E-state index < -0.39 is 38.4 Å². The first-order chi connectivity index (χ1) is 8.75. The molecule has 1 atom stereocenters. The van der Waals surface area contributed by atoms with Gasteiger partial charge in [-0.2, -0.15) is 0 Å². The van der Waals surface area contributed by atoms with Gasteiger partial charge in [0, 0.05) is 6.54 Å². The smallest absolute Gasteiger partial charge is 0.306 e. The van der Waals surface area contributed by atoms with Crippen LogP contribution in [0, 0.1) is 17.6 Å². The van der Waals surface area contributed by atoms with Crippen molar-refractivity contribution in [3.05, 3.63) is 29.8 Å². The standard InChI is InChI=1S/C11H13F2NO4S/c1-7(11(15)16)5-6-14-19(17,18)10-8(12)3-2-4-9(10)13/h2-4,7,14H,5-6H2,1H3,(H,15,16). The number of carbonyl (C=O) groups is 1.